The minimum Gasteiger partial charge on any atom is -0.489 e. The predicted molar refractivity (Wildman–Crippen MR) is 231 cm³/mol. The van der Waals surface area contributed by atoms with E-state index < -0.39 is 30.1 Å². The molecule has 1 aromatic heterocycles. The molecule has 2 aliphatic rings. The third-order valence-electron chi connectivity index (χ3n) is 10.7. The van der Waals surface area contributed by atoms with E-state index in [-0.39, 0.29) is 31.9 Å². The summed E-state index contributed by atoms with van der Waals surface area (Å²) in [5.74, 6) is -0.469. The number of ether oxygens (including phenoxy) is 3. The van der Waals surface area contributed by atoms with Crippen LogP contribution in [0.5, 0.6) is 17.2 Å². The topological polar surface area (TPSA) is 151 Å². The Hall–Kier alpha value is -6.39. The molecular formula is C47H38Cl2N4O7S. The number of thiazole rings is 1. The molecule has 2 amide bonds. The van der Waals surface area contributed by atoms with Crippen LogP contribution < -0.4 is 19.5 Å². The van der Waals surface area contributed by atoms with Crippen LogP contribution in [0.4, 0.5) is 0 Å². The highest BCUT2D eigenvalue weighted by Crippen LogP contribution is 2.41. The van der Waals surface area contributed by atoms with E-state index in [4.69, 9.17) is 42.7 Å². The van der Waals surface area contributed by atoms with Crippen LogP contribution >= 0.6 is 34.5 Å². The Labute approximate surface area is 366 Å². The molecule has 0 aliphatic carbocycles. The van der Waals surface area contributed by atoms with Crippen LogP contribution in [0.1, 0.15) is 59.9 Å². The van der Waals surface area contributed by atoms with Crippen molar-refractivity contribution < 1.29 is 33.7 Å². The van der Waals surface area contributed by atoms with Crippen molar-refractivity contribution >= 4 is 52.3 Å². The fraction of sp³-hybridized carbons (Fsp3) is 0.213. The second kappa shape index (κ2) is 17.7. The van der Waals surface area contributed by atoms with Gasteiger partial charge in [0.1, 0.15) is 35.9 Å². The molecule has 0 spiro atoms. The van der Waals surface area contributed by atoms with E-state index in [0.717, 1.165) is 33.4 Å². The number of hydrogen-bond acceptors (Lipinski definition) is 9. The highest BCUT2D eigenvalue weighted by Gasteiger charge is 2.39. The quantitative estimate of drug-likeness (QED) is 0.130. The molecule has 0 bridgehead atoms. The van der Waals surface area contributed by atoms with Gasteiger partial charge < -0.3 is 29.5 Å². The molecule has 0 saturated heterocycles. The number of hydrogen-bond donors (Lipinski definition) is 2. The van der Waals surface area contributed by atoms with Gasteiger partial charge in [-0.25, -0.2) is 9.78 Å². The van der Waals surface area contributed by atoms with E-state index in [9.17, 15) is 19.5 Å². The molecule has 2 aliphatic heterocycles. The fourth-order valence-corrected chi connectivity index (χ4v) is 8.67. The first-order valence-corrected chi connectivity index (χ1v) is 21.0. The number of nitrogens with zero attached hydrogens (tertiary/aromatic N) is 3. The summed E-state index contributed by atoms with van der Waals surface area (Å²) in [4.78, 5) is 47.4. The average Bonchev–Trinajstić information content (AvgIpc) is 3.62. The van der Waals surface area contributed by atoms with Gasteiger partial charge in [-0.15, -0.1) is 11.3 Å². The van der Waals surface area contributed by atoms with Crippen LogP contribution in [0.3, 0.4) is 0 Å². The number of carbonyl (C=O) groups is 3. The first-order chi connectivity index (χ1) is 29.4. The maximum absolute atomic E-state index is 14.3. The molecule has 3 heterocycles. The number of rotatable bonds is 11. The minimum atomic E-state index is -1.26. The van der Waals surface area contributed by atoms with Gasteiger partial charge in [0.25, 0.3) is 5.91 Å². The summed E-state index contributed by atoms with van der Waals surface area (Å²) in [6, 6.07) is 31.0. The van der Waals surface area contributed by atoms with Gasteiger partial charge in [-0.3, -0.25) is 9.59 Å². The van der Waals surface area contributed by atoms with E-state index in [0.29, 0.717) is 60.6 Å². The Morgan fingerprint density at radius 1 is 0.918 bits per heavy atom. The molecule has 0 saturated carbocycles. The zero-order chi connectivity index (χ0) is 42.8. The summed E-state index contributed by atoms with van der Waals surface area (Å²) < 4.78 is 18.6. The molecule has 3 atom stereocenters. The molecular weight excluding hydrogens is 836 g/mol. The van der Waals surface area contributed by atoms with Gasteiger partial charge >= 0.3 is 5.97 Å². The van der Waals surface area contributed by atoms with Gasteiger partial charge in [0.2, 0.25) is 5.91 Å². The van der Waals surface area contributed by atoms with Gasteiger partial charge in [-0.2, -0.15) is 5.26 Å². The second-order valence-electron chi connectivity index (χ2n) is 14.9. The number of benzene rings is 5. The van der Waals surface area contributed by atoms with Crippen molar-refractivity contribution in [2.45, 2.75) is 58.0 Å². The predicted octanol–water partition coefficient (Wildman–Crippen LogP) is 9.08. The number of carboxylic acid groups (broad SMARTS) is 1. The number of aliphatic carboxylic acids is 1. The number of amides is 2. The average molecular weight is 874 g/mol. The van der Waals surface area contributed by atoms with Crippen molar-refractivity contribution in [2.24, 2.45) is 0 Å². The van der Waals surface area contributed by atoms with Crippen LogP contribution in [0.15, 0.2) is 103 Å². The Morgan fingerprint density at radius 3 is 2.26 bits per heavy atom. The van der Waals surface area contributed by atoms with E-state index in [1.54, 1.807) is 31.2 Å². The molecule has 6 aromatic rings. The molecule has 1 unspecified atom stereocenters. The lowest BCUT2D eigenvalue weighted by atomic mass is 9.91. The number of nitriles is 1. The molecule has 0 radical (unpaired) electrons. The monoisotopic (exact) mass is 872 g/mol. The lowest BCUT2D eigenvalue weighted by molar-refractivity contribution is -0.142. The molecule has 11 nitrogen and oxygen atoms in total. The van der Waals surface area contributed by atoms with Crippen molar-refractivity contribution in [3.05, 3.63) is 162 Å². The highest BCUT2D eigenvalue weighted by molar-refractivity contribution is 7.13. The molecule has 0 fully saturated rings. The van der Waals surface area contributed by atoms with E-state index in [1.807, 2.05) is 85.8 Å². The Morgan fingerprint density at radius 2 is 1.61 bits per heavy atom. The van der Waals surface area contributed by atoms with Gasteiger partial charge in [-0.1, -0.05) is 77.8 Å². The number of aryl methyl sites for hydroxylation is 2. The number of halogens is 2. The zero-order valence-electron chi connectivity index (χ0n) is 33.0. The lowest BCUT2D eigenvalue weighted by Crippen LogP contribution is -2.55. The molecule has 8 rings (SSSR count). The van der Waals surface area contributed by atoms with E-state index >= 15 is 0 Å². The van der Waals surface area contributed by atoms with Gasteiger partial charge in [0.05, 0.1) is 32.4 Å². The Kier molecular flexibility index (Phi) is 12.0. The summed E-state index contributed by atoms with van der Waals surface area (Å²) in [5.41, 5.74) is 6.96. The van der Waals surface area contributed by atoms with Crippen LogP contribution in [0.25, 0.3) is 11.1 Å². The van der Waals surface area contributed by atoms with Gasteiger partial charge in [0.15, 0.2) is 17.6 Å². The second-order valence-corrected chi connectivity index (χ2v) is 16.9. The molecule has 14 heteroatoms. The van der Waals surface area contributed by atoms with Crippen molar-refractivity contribution in [3.8, 4) is 34.4 Å². The Bertz CT molecular complexity index is 2680. The standard InChI is InChI=1S/C47H38Cl2N4O7S/c1-26-44(61-27(2)51-26)46(55)53-23-35-21-42-41(59-25-43(60-42)33-12-14-36(15-13-33)58-24-30-7-16-37(48)38(49)17-30)20-34(35)19-40(53)45(54)52-39(47(56)57)18-28-3-8-31(9-4-28)32-10-5-29(22-50)6-11-32/h3-17,20-21,39-40,43H,18-19,23-25H2,1-2H3,(H,52,54)(H,56,57)/t39-,40-,43?/m0/s1. The fourth-order valence-electron chi connectivity index (χ4n) is 7.47. The summed E-state index contributed by atoms with van der Waals surface area (Å²) in [6.07, 6.45) is -0.274. The van der Waals surface area contributed by atoms with Crippen LogP contribution in [-0.4, -0.2) is 51.5 Å². The first kappa shape index (κ1) is 41.3. The lowest BCUT2D eigenvalue weighted by Gasteiger charge is -2.37. The maximum atomic E-state index is 14.3. The third-order valence-corrected chi connectivity index (χ3v) is 12.5. The number of carboxylic acids is 1. The van der Waals surface area contributed by atoms with Crippen LogP contribution in [0, 0.1) is 25.2 Å². The molecule has 2 N–H and O–H groups in total. The van der Waals surface area contributed by atoms with Crippen molar-refractivity contribution in [1.82, 2.24) is 15.2 Å². The van der Waals surface area contributed by atoms with E-state index in [1.165, 1.54) is 16.2 Å². The zero-order valence-corrected chi connectivity index (χ0v) is 35.3. The maximum Gasteiger partial charge on any atom is 0.326 e. The molecule has 5 aromatic carbocycles. The molecule has 61 heavy (non-hydrogen) atoms. The molecule has 308 valence electrons. The smallest absolute Gasteiger partial charge is 0.326 e. The third kappa shape index (κ3) is 9.20. The largest absolute Gasteiger partial charge is 0.489 e. The number of nitrogens with one attached hydrogen (secondary N) is 1. The minimum absolute atomic E-state index is 0.0213. The highest BCUT2D eigenvalue weighted by atomic mass is 35.5. The van der Waals surface area contributed by atoms with E-state index in [2.05, 4.69) is 16.4 Å². The summed E-state index contributed by atoms with van der Waals surface area (Å²) >= 11 is 13.4. The Balaban J connectivity index is 0.986. The van der Waals surface area contributed by atoms with Crippen molar-refractivity contribution in [3.63, 3.8) is 0 Å². The first-order valence-electron chi connectivity index (χ1n) is 19.4. The van der Waals surface area contributed by atoms with Crippen molar-refractivity contribution in [2.75, 3.05) is 6.61 Å². The summed E-state index contributed by atoms with van der Waals surface area (Å²) in [5, 5.41) is 23.8. The SMILES string of the molecule is Cc1nc(C)c(C(=O)N2Cc3cc4c(cc3C[C@H]2C(=O)N[C@@H](Cc2ccc(-c3ccc(C#N)cc3)cc2)C(=O)O)OCC(c2ccc(OCc3ccc(Cl)c(Cl)c3)cc2)O4)s1. The number of carbonyl (C=O) groups excluding carboxylic acids is 2. The van der Waals surface area contributed by atoms with Crippen LogP contribution in [-0.2, 0) is 35.6 Å². The number of aromatic nitrogens is 1. The van der Waals surface area contributed by atoms with Gasteiger partial charge in [-0.05, 0) is 101 Å². The van der Waals surface area contributed by atoms with Crippen molar-refractivity contribution in [1.29, 1.82) is 5.26 Å². The summed E-state index contributed by atoms with van der Waals surface area (Å²) in [6.45, 7) is 4.20. The van der Waals surface area contributed by atoms with Crippen LogP contribution in [0.2, 0.25) is 10.0 Å². The number of fused-ring (bicyclic) bond motifs is 2. The normalized spacial score (nSPS) is 15.9. The summed E-state index contributed by atoms with van der Waals surface area (Å²) in [7, 11) is 0. The van der Waals surface area contributed by atoms with Gasteiger partial charge in [0, 0.05) is 19.4 Å².